The Morgan fingerprint density at radius 2 is 1.74 bits per heavy atom. The van der Waals surface area contributed by atoms with Crippen molar-refractivity contribution in [1.29, 1.82) is 0 Å². The van der Waals surface area contributed by atoms with E-state index in [1.54, 1.807) is 0 Å². The highest BCUT2D eigenvalue weighted by Gasteiger charge is 2.61. The number of carboxylic acid groups (broad SMARTS) is 1. The van der Waals surface area contributed by atoms with E-state index >= 15 is 0 Å². The summed E-state index contributed by atoms with van der Waals surface area (Å²) in [5, 5.41) is 9.69. The van der Waals surface area contributed by atoms with Crippen molar-refractivity contribution in [3.63, 3.8) is 0 Å². The van der Waals surface area contributed by atoms with Gasteiger partial charge in [-0.3, -0.25) is 4.79 Å². The van der Waals surface area contributed by atoms with Crippen LogP contribution in [-0.2, 0) is 4.79 Å². The van der Waals surface area contributed by atoms with Crippen molar-refractivity contribution in [3.8, 4) is 0 Å². The Balaban J connectivity index is 1.66. The number of carboxylic acids is 1. The first-order chi connectivity index (χ1) is 10.9. The van der Waals surface area contributed by atoms with Crippen molar-refractivity contribution in [2.75, 3.05) is 0 Å². The maximum absolute atomic E-state index is 11.8. The van der Waals surface area contributed by atoms with Crippen LogP contribution in [0.25, 0.3) is 0 Å². The van der Waals surface area contributed by atoms with Crippen molar-refractivity contribution in [2.45, 2.75) is 78.6 Å². The van der Waals surface area contributed by atoms with Gasteiger partial charge in [0.2, 0.25) is 0 Å². The first kappa shape index (κ1) is 16.0. The molecule has 0 aromatic rings. The second-order valence-corrected chi connectivity index (χ2v) is 9.86. The van der Waals surface area contributed by atoms with E-state index in [2.05, 4.69) is 20.8 Å². The van der Waals surface area contributed by atoms with E-state index in [1.807, 2.05) is 0 Å². The average Bonchev–Trinajstić information content (AvgIpc) is 2.86. The fourth-order valence-corrected chi connectivity index (χ4v) is 8.08. The van der Waals surface area contributed by atoms with E-state index < -0.39 is 5.97 Å². The summed E-state index contributed by atoms with van der Waals surface area (Å²) < 4.78 is 0. The molecule has 0 aromatic heterocycles. The summed E-state index contributed by atoms with van der Waals surface area (Å²) in [4.78, 5) is 11.8. The van der Waals surface area contributed by atoms with Crippen LogP contribution in [0.3, 0.4) is 0 Å². The molecule has 2 unspecified atom stereocenters. The molecule has 0 radical (unpaired) electrons. The van der Waals surface area contributed by atoms with Gasteiger partial charge in [0.1, 0.15) is 0 Å². The number of fused-ring (bicyclic) bond motifs is 5. The molecule has 23 heavy (non-hydrogen) atoms. The molecular formula is C21H34O2. The van der Waals surface area contributed by atoms with Gasteiger partial charge < -0.3 is 5.11 Å². The van der Waals surface area contributed by atoms with Gasteiger partial charge in [-0.15, -0.1) is 0 Å². The summed E-state index contributed by atoms with van der Waals surface area (Å²) in [6.07, 6.45) is 11.6. The van der Waals surface area contributed by atoms with Crippen LogP contribution >= 0.6 is 0 Å². The lowest BCUT2D eigenvalue weighted by molar-refractivity contribution is -0.156. The summed E-state index contributed by atoms with van der Waals surface area (Å²) in [6.45, 7) is 7.44. The molecule has 4 fully saturated rings. The molecule has 4 rings (SSSR count). The van der Waals surface area contributed by atoms with E-state index in [4.69, 9.17) is 0 Å². The molecule has 2 nitrogen and oxygen atoms in total. The molecule has 0 saturated heterocycles. The van der Waals surface area contributed by atoms with Gasteiger partial charge in [0.05, 0.1) is 5.92 Å². The van der Waals surface area contributed by atoms with Gasteiger partial charge in [0, 0.05) is 0 Å². The van der Waals surface area contributed by atoms with Crippen LogP contribution in [0.2, 0.25) is 0 Å². The molecular weight excluding hydrogens is 284 g/mol. The van der Waals surface area contributed by atoms with Gasteiger partial charge in [-0.1, -0.05) is 33.6 Å². The predicted octanol–water partition coefficient (Wildman–Crippen LogP) is 5.37. The van der Waals surface area contributed by atoms with E-state index in [0.717, 1.165) is 36.5 Å². The molecule has 4 saturated carbocycles. The molecule has 1 N–H and O–H groups in total. The number of hydrogen-bond donors (Lipinski definition) is 1. The molecule has 0 amide bonds. The summed E-state index contributed by atoms with van der Waals surface area (Å²) in [5.41, 5.74) is 0.609. The molecule has 8 atom stereocenters. The number of hydrogen-bond acceptors (Lipinski definition) is 1. The average molecular weight is 319 g/mol. The van der Waals surface area contributed by atoms with Crippen LogP contribution < -0.4 is 0 Å². The normalized spacial score (nSPS) is 55.6. The van der Waals surface area contributed by atoms with E-state index in [9.17, 15) is 9.90 Å². The third kappa shape index (κ3) is 2.02. The maximum atomic E-state index is 11.8. The minimum atomic E-state index is -0.528. The minimum absolute atomic E-state index is 0.0775. The monoisotopic (exact) mass is 318 g/mol. The standard InChI is InChI=1S/C21H34O2/c1-13-5-4-6-14-7-8-15-16-9-10-18(19(22)23)20(16,2)12-11-17(15)21(13,14)3/h13-18H,4-12H2,1-3H3,(H,22,23)/t13?,14-,15+,16+,17+,18?,20+,21+/m1/s1. The number of carbonyl (C=O) groups is 1. The van der Waals surface area contributed by atoms with Crippen molar-refractivity contribution in [1.82, 2.24) is 0 Å². The molecule has 4 aliphatic carbocycles. The van der Waals surface area contributed by atoms with Crippen molar-refractivity contribution < 1.29 is 9.90 Å². The van der Waals surface area contributed by atoms with Crippen LogP contribution in [0.1, 0.15) is 78.6 Å². The largest absolute Gasteiger partial charge is 0.481 e. The smallest absolute Gasteiger partial charge is 0.307 e. The maximum Gasteiger partial charge on any atom is 0.307 e. The molecule has 130 valence electrons. The molecule has 0 aliphatic heterocycles. The van der Waals surface area contributed by atoms with E-state index in [0.29, 0.717) is 11.3 Å². The van der Waals surface area contributed by atoms with Crippen LogP contribution in [-0.4, -0.2) is 11.1 Å². The van der Waals surface area contributed by atoms with Gasteiger partial charge in [-0.2, -0.15) is 0 Å². The van der Waals surface area contributed by atoms with Crippen molar-refractivity contribution in [3.05, 3.63) is 0 Å². The van der Waals surface area contributed by atoms with Gasteiger partial charge >= 0.3 is 5.97 Å². The topological polar surface area (TPSA) is 37.3 Å². The lowest BCUT2D eigenvalue weighted by Crippen LogP contribution is -2.55. The third-order valence-corrected chi connectivity index (χ3v) is 9.51. The van der Waals surface area contributed by atoms with Crippen LogP contribution in [0.4, 0.5) is 0 Å². The zero-order valence-electron chi connectivity index (χ0n) is 15.2. The first-order valence-corrected chi connectivity index (χ1v) is 10.1. The highest BCUT2D eigenvalue weighted by Crippen LogP contribution is 2.68. The van der Waals surface area contributed by atoms with E-state index in [1.165, 1.54) is 44.9 Å². The number of rotatable bonds is 1. The second kappa shape index (κ2) is 5.23. The quantitative estimate of drug-likeness (QED) is 0.706. The second-order valence-electron chi connectivity index (χ2n) is 9.86. The van der Waals surface area contributed by atoms with Gasteiger partial charge in [0.15, 0.2) is 0 Å². The zero-order valence-corrected chi connectivity index (χ0v) is 15.2. The highest BCUT2D eigenvalue weighted by molar-refractivity contribution is 5.71. The van der Waals surface area contributed by atoms with Crippen molar-refractivity contribution in [2.24, 2.45) is 46.3 Å². The highest BCUT2D eigenvalue weighted by atomic mass is 16.4. The Kier molecular flexibility index (Phi) is 3.63. The van der Waals surface area contributed by atoms with Gasteiger partial charge in [-0.25, -0.2) is 0 Å². The predicted molar refractivity (Wildman–Crippen MR) is 92.0 cm³/mol. The molecule has 0 heterocycles. The summed E-state index contributed by atoms with van der Waals surface area (Å²) >= 11 is 0. The molecule has 0 aromatic carbocycles. The SMILES string of the molecule is CC1CCC[C@@H]2CC[C@@H]3[C@H](CC[C@]4(C)C(C(=O)O)CC[C@@H]34)[C@@]12C. The van der Waals surface area contributed by atoms with Crippen LogP contribution in [0.15, 0.2) is 0 Å². The molecule has 0 bridgehead atoms. The third-order valence-electron chi connectivity index (χ3n) is 9.51. The zero-order chi connectivity index (χ0) is 16.4. The van der Waals surface area contributed by atoms with Gasteiger partial charge in [0.25, 0.3) is 0 Å². The Morgan fingerprint density at radius 3 is 2.48 bits per heavy atom. The fourth-order valence-electron chi connectivity index (χ4n) is 8.08. The van der Waals surface area contributed by atoms with Gasteiger partial charge in [-0.05, 0) is 85.4 Å². The first-order valence-electron chi connectivity index (χ1n) is 10.1. The van der Waals surface area contributed by atoms with E-state index in [-0.39, 0.29) is 11.3 Å². The van der Waals surface area contributed by atoms with Crippen LogP contribution in [0, 0.1) is 46.3 Å². The number of aliphatic carboxylic acids is 1. The Morgan fingerprint density at radius 1 is 0.957 bits per heavy atom. The molecule has 2 heteroatoms. The minimum Gasteiger partial charge on any atom is -0.481 e. The lowest BCUT2D eigenvalue weighted by atomic mass is 9.43. The fraction of sp³-hybridized carbons (Fsp3) is 0.952. The molecule has 0 spiro atoms. The summed E-state index contributed by atoms with van der Waals surface area (Å²) in [5.74, 6) is 3.53. The molecule has 4 aliphatic rings. The summed E-state index contributed by atoms with van der Waals surface area (Å²) in [7, 11) is 0. The summed E-state index contributed by atoms with van der Waals surface area (Å²) in [6, 6.07) is 0. The van der Waals surface area contributed by atoms with Crippen LogP contribution in [0.5, 0.6) is 0 Å². The Labute approximate surface area is 141 Å². The Hall–Kier alpha value is -0.530. The van der Waals surface area contributed by atoms with Crippen molar-refractivity contribution >= 4 is 5.97 Å². The lowest BCUT2D eigenvalue weighted by Gasteiger charge is -2.62. The Bertz CT molecular complexity index is 500.